The minimum absolute atomic E-state index is 0.113. The summed E-state index contributed by atoms with van der Waals surface area (Å²) in [4.78, 5) is 7.32. The maximum atomic E-state index is 11.3. The van der Waals surface area contributed by atoms with Crippen LogP contribution in [-0.2, 0) is 10.0 Å². The van der Waals surface area contributed by atoms with Crippen LogP contribution in [0.4, 0.5) is 5.69 Å². The van der Waals surface area contributed by atoms with E-state index in [1.54, 1.807) is 0 Å². The van der Waals surface area contributed by atoms with Crippen molar-refractivity contribution in [2.45, 2.75) is 6.42 Å². The first-order valence-corrected chi connectivity index (χ1v) is 5.65. The largest absolute Gasteiger partial charge is 0.396 e. The van der Waals surface area contributed by atoms with E-state index >= 15 is 0 Å². The molecule has 14 heavy (non-hydrogen) atoms. The average molecular weight is 217 g/mol. The summed E-state index contributed by atoms with van der Waals surface area (Å²) in [5.41, 5.74) is 0.324. The highest BCUT2D eigenvalue weighted by Gasteiger charge is 2.09. The predicted molar refractivity (Wildman–Crippen MR) is 51.1 cm³/mol. The molecule has 78 valence electrons. The second-order valence-electron chi connectivity index (χ2n) is 2.63. The summed E-state index contributed by atoms with van der Waals surface area (Å²) in [7, 11) is -3.39. The first-order valence-electron chi connectivity index (χ1n) is 4.00. The number of anilines is 1. The number of nitrogens with zero attached hydrogens (tertiary/aromatic N) is 2. The van der Waals surface area contributed by atoms with Gasteiger partial charge in [0.2, 0.25) is 10.0 Å². The fourth-order valence-corrected chi connectivity index (χ4v) is 1.91. The molecule has 1 rings (SSSR count). The molecule has 1 aromatic rings. The van der Waals surface area contributed by atoms with Crippen LogP contribution < -0.4 is 4.72 Å². The van der Waals surface area contributed by atoms with Gasteiger partial charge >= 0.3 is 0 Å². The SMILES string of the molecule is O=S(=O)(CCCO)Nc1cncnc1. The fourth-order valence-electron chi connectivity index (χ4n) is 0.837. The highest BCUT2D eigenvalue weighted by Crippen LogP contribution is 2.04. The second-order valence-corrected chi connectivity index (χ2v) is 4.47. The van der Waals surface area contributed by atoms with Crippen LogP contribution in [0.15, 0.2) is 18.7 Å². The van der Waals surface area contributed by atoms with Crippen LogP contribution in [0.2, 0.25) is 0 Å². The van der Waals surface area contributed by atoms with Gasteiger partial charge in [0, 0.05) is 6.61 Å². The zero-order valence-electron chi connectivity index (χ0n) is 7.42. The molecule has 0 aliphatic rings. The number of hydrogen-bond donors (Lipinski definition) is 2. The number of sulfonamides is 1. The molecule has 0 fully saturated rings. The van der Waals surface area contributed by atoms with Crippen molar-refractivity contribution in [3.8, 4) is 0 Å². The van der Waals surface area contributed by atoms with Gasteiger partial charge in [-0.1, -0.05) is 0 Å². The van der Waals surface area contributed by atoms with Gasteiger partial charge in [0.25, 0.3) is 0 Å². The van der Waals surface area contributed by atoms with Gasteiger partial charge in [-0.05, 0) is 6.42 Å². The zero-order chi connectivity index (χ0) is 10.4. The van der Waals surface area contributed by atoms with Crippen molar-refractivity contribution in [2.75, 3.05) is 17.1 Å². The summed E-state index contributed by atoms with van der Waals surface area (Å²) in [6.45, 7) is -0.147. The van der Waals surface area contributed by atoms with Gasteiger partial charge in [0.1, 0.15) is 6.33 Å². The van der Waals surface area contributed by atoms with Crippen molar-refractivity contribution in [2.24, 2.45) is 0 Å². The number of hydrogen-bond acceptors (Lipinski definition) is 5. The van der Waals surface area contributed by atoms with E-state index in [0.717, 1.165) is 0 Å². The lowest BCUT2D eigenvalue weighted by atomic mass is 10.5. The van der Waals surface area contributed by atoms with Crippen LogP contribution >= 0.6 is 0 Å². The molecule has 0 aromatic carbocycles. The highest BCUT2D eigenvalue weighted by atomic mass is 32.2. The van der Waals surface area contributed by atoms with Crippen molar-refractivity contribution in [3.05, 3.63) is 18.7 Å². The summed E-state index contributed by atoms with van der Waals surface area (Å²) in [5, 5.41) is 8.48. The van der Waals surface area contributed by atoms with Crippen LogP contribution in [0, 0.1) is 0 Å². The Morgan fingerprint density at radius 3 is 2.57 bits per heavy atom. The Bertz CT molecular complexity index is 365. The molecule has 0 aliphatic heterocycles. The number of aliphatic hydroxyl groups is 1. The molecule has 0 spiro atoms. The lowest BCUT2D eigenvalue weighted by Gasteiger charge is -2.05. The Morgan fingerprint density at radius 1 is 1.36 bits per heavy atom. The van der Waals surface area contributed by atoms with Crippen LogP contribution in [-0.4, -0.2) is 35.9 Å². The van der Waals surface area contributed by atoms with E-state index in [4.69, 9.17) is 5.11 Å². The van der Waals surface area contributed by atoms with Gasteiger partial charge in [-0.3, -0.25) is 4.72 Å². The monoisotopic (exact) mass is 217 g/mol. The lowest BCUT2D eigenvalue weighted by molar-refractivity contribution is 0.295. The van der Waals surface area contributed by atoms with E-state index in [9.17, 15) is 8.42 Å². The molecule has 1 aromatic heterocycles. The van der Waals surface area contributed by atoms with E-state index in [1.807, 2.05) is 0 Å². The van der Waals surface area contributed by atoms with Gasteiger partial charge < -0.3 is 5.11 Å². The van der Waals surface area contributed by atoms with Crippen LogP contribution in [0.3, 0.4) is 0 Å². The minimum Gasteiger partial charge on any atom is -0.396 e. The number of aliphatic hydroxyl groups excluding tert-OH is 1. The lowest BCUT2D eigenvalue weighted by Crippen LogP contribution is -2.17. The van der Waals surface area contributed by atoms with E-state index < -0.39 is 10.0 Å². The first-order chi connectivity index (χ1) is 6.64. The highest BCUT2D eigenvalue weighted by molar-refractivity contribution is 7.92. The van der Waals surface area contributed by atoms with Gasteiger partial charge in [-0.2, -0.15) is 0 Å². The third kappa shape index (κ3) is 3.67. The number of nitrogens with one attached hydrogen (secondary N) is 1. The van der Waals surface area contributed by atoms with Crippen molar-refractivity contribution >= 4 is 15.7 Å². The summed E-state index contributed by atoms with van der Waals surface area (Å²) >= 11 is 0. The Hall–Kier alpha value is -1.21. The van der Waals surface area contributed by atoms with Crippen molar-refractivity contribution in [1.82, 2.24) is 9.97 Å². The standard InChI is InChI=1S/C7H11N3O3S/c11-2-1-3-14(12,13)10-7-4-8-6-9-5-7/h4-6,10-11H,1-3H2. The average Bonchev–Trinajstić information content (AvgIpc) is 2.16. The molecule has 0 atom stereocenters. The molecule has 0 aliphatic carbocycles. The molecular formula is C7H11N3O3S. The second kappa shape index (κ2) is 4.87. The van der Waals surface area contributed by atoms with E-state index in [0.29, 0.717) is 5.69 Å². The molecule has 2 N–H and O–H groups in total. The Labute approximate surface area is 82.1 Å². The van der Waals surface area contributed by atoms with Crippen molar-refractivity contribution < 1.29 is 13.5 Å². The maximum absolute atomic E-state index is 11.3. The first kappa shape index (κ1) is 10.9. The van der Waals surface area contributed by atoms with Gasteiger partial charge in [-0.15, -0.1) is 0 Å². The summed E-state index contributed by atoms with van der Waals surface area (Å²) in [6, 6.07) is 0. The fraction of sp³-hybridized carbons (Fsp3) is 0.429. The van der Waals surface area contributed by atoms with Gasteiger partial charge in [0.05, 0.1) is 23.8 Å². The summed E-state index contributed by atoms with van der Waals surface area (Å²) in [5.74, 6) is -0.113. The van der Waals surface area contributed by atoms with Gasteiger partial charge in [-0.25, -0.2) is 18.4 Å². The Morgan fingerprint density at radius 2 is 2.00 bits per heavy atom. The molecule has 0 radical (unpaired) electrons. The number of aromatic nitrogens is 2. The van der Waals surface area contributed by atoms with E-state index in [1.165, 1.54) is 18.7 Å². The molecule has 0 saturated heterocycles. The van der Waals surface area contributed by atoms with Crippen LogP contribution in [0.5, 0.6) is 0 Å². The Kier molecular flexibility index (Phi) is 3.78. The number of rotatable bonds is 5. The summed E-state index contributed by atoms with van der Waals surface area (Å²) < 4.78 is 24.9. The third-order valence-electron chi connectivity index (χ3n) is 1.41. The third-order valence-corrected chi connectivity index (χ3v) is 2.78. The normalized spacial score (nSPS) is 11.2. The summed E-state index contributed by atoms with van der Waals surface area (Å²) in [6.07, 6.45) is 4.25. The maximum Gasteiger partial charge on any atom is 0.232 e. The van der Waals surface area contributed by atoms with E-state index in [2.05, 4.69) is 14.7 Å². The van der Waals surface area contributed by atoms with E-state index in [-0.39, 0.29) is 18.8 Å². The molecule has 6 nitrogen and oxygen atoms in total. The van der Waals surface area contributed by atoms with Gasteiger partial charge in [0.15, 0.2) is 0 Å². The van der Waals surface area contributed by atoms with Crippen molar-refractivity contribution in [3.63, 3.8) is 0 Å². The molecule has 0 amide bonds. The van der Waals surface area contributed by atoms with Crippen LogP contribution in [0.1, 0.15) is 6.42 Å². The quantitative estimate of drug-likeness (QED) is 0.700. The smallest absolute Gasteiger partial charge is 0.232 e. The molecule has 0 saturated carbocycles. The molecular weight excluding hydrogens is 206 g/mol. The van der Waals surface area contributed by atoms with Crippen molar-refractivity contribution in [1.29, 1.82) is 0 Å². The zero-order valence-corrected chi connectivity index (χ0v) is 8.24. The topological polar surface area (TPSA) is 92.2 Å². The predicted octanol–water partition coefficient (Wildman–Crippen LogP) is -0.399. The minimum atomic E-state index is -3.39. The molecule has 7 heteroatoms. The molecule has 1 heterocycles. The Balaban J connectivity index is 2.60. The molecule has 0 bridgehead atoms. The molecule has 0 unspecified atom stereocenters. The van der Waals surface area contributed by atoms with Crippen LogP contribution in [0.25, 0.3) is 0 Å².